The molecule has 3 rings (SSSR count). The van der Waals surface area contributed by atoms with Crippen LogP contribution >= 0.6 is 0 Å². The summed E-state index contributed by atoms with van der Waals surface area (Å²) in [5.74, 6) is -0.347. The van der Waals surface area contributed by atoms with Crippen LogP contribution in [0.1, 0.15) is 40.0 Å². The van der Waals surface area contributed by atoms with Crippen molar-refractivity contribution < 1.29 is 40.7 Å². The van der Waals surface area contributed by atoms with Crippen molar-refractivity contribution in [3.63, 3.8) is 0 Å². The summed E-state index contributed by atoms with van der Waals surface area (Å²) in [7, 11) is -3.88. The first-order valence-corrected chi connectivity index (χ1v) is 13.1. The molecule has 13 heteroatoms. The number of hydrogen-bond acceptors (Lipinski definition) is 7. The highest BCUT2D eigenvalue weighted by molar-refractivity contribution is 7.89. The van der Waals surface area contributed by atoms with Crippen molar-refractivity contribution >= 4 is 16.1 Å². The van der Waals surface area contributed by atoms with E-state index in [0.717, 1.165) is 42.8 Å². The molecule has 202 valence electrons. The fourth-order valence-corrected chi connectivity index (χ4v) is 5.25. The molecule has 1 amide bonds. The van der Waals surface area contributed by atoms with E-state index in [-0.39, 0.29) is 30.0 Å². The number of hydrogen-bond donors (Lipinski definition) is 1. The van der Waals surface area contributed by atoms with Crippen LogP contribution in [0.15, 0.2) is 40.9 Å². The third kappa shape index (κ3) is 8.27. The summed E-state index contributed by atoms with van der Waals surface area (Å²) in [6.07, 6.45) is -1.35. The molecule has 0 aliphatic carbocycles. The zero-order valence-corrected chi connectivity index (χ0v) is 21.3. The van der Waals surface area contributed by atoms with Crippen LogP contribution in [0.4, 0.5) is 18.0 Å². The smallest absolute Gasteiger partial charge is 0.444 e. The van der Waals surface area contributed by atoms with Gasteiger partial charge in [0.15, 0.2) is 0 Å². The quantitative estimate of drug-likeness (QED) is 0.527. The van der Waals surface area contributed by atoms with Crippen LogP contribution in [-0.4, -0.2) is 68.5 Å². The van der Waals surface area contributed by atoms with Crippen molar-refractivity contribution in [2.45, 2.75) is 56.9 Å². The fraction of sp³-hybridized carbons (Fsp3) is 0.609. The molecular weight excluding hydrogens is 503 g/mol. The first-order valence-electron chi connectivity index (χ1n) is 11.6. The van der Waals surface area contributed by atoms with E-state index in [2.05, 4.69) is 10.2 Å². The Labute approximate surface area is 209 Å². The first-order chi connectivity index (χ1) is 16.7. The summed E-state index contributed by atoms with van der Waals surface area (Å²) < 4.78 is 73.0. The molecule has 1 aromatic carbocycles. The number of piperidine rings is 1. The maximum atomic E-state index is 12.8. The zero-order valence-electron chi connectivity index (χ0n) is 20.5. The number of carbonyl (C=O) groups excluding carboxylic acids is 1. The van der Waals surface area contributed by atoms with Crippen molar-refractivity contribution in [2.75, 3.05) is 32.8 Å². The van der Waals surface area contributed by atoms with E-state index in [9.17, 15) is 26.4 Å². The van der Waals surface area contributed by atoms with Crippen molar-refractivity contribution in [1.29, 1.82) is 0 Å². The Balaban J connectivity index is 1.46. The predicted octanol–water partition coefficient (Wildman–Crippen LogP) is 4.03. The normalized spacial score (nSPS) is 20.0. The van der Waals surface area contributed by atoms with Gasteiger partial charge < -0.3 is 14.4 Å². The average Bonchev–Trinajstić information content (AvgIpc) is 2.78. The Morgan fingerprint density at radius 2 is 1.83 bits per heavy atom. The minimum atomic E-state index is -4.85. The van der Waals surface area contributed by atoms with E-state index < -0.39 is 27.7 Å². The Hall–Kier alpha value is -2.51. The van der Waals surface area contributed by atoms with Gasteiger partial charge in [-0.25, -0.2) is 13.2 Å². The number of hydroxylamine groups is 1. The number of carbonyl (C=O) groups is 1. The Morgan fingerprint density at radius 3 is 2.42 bits per heavy atom. The largest absolute Gasteiger partial charge is 0.573 e. The molecule has 0 saturated carbocycles. The van der Waals surface area contributed by atoms with Crippen molar-refractivity contribution in [2.24, 2.45) is 5.92 Å². The Bertz CT molecular complexity index is 1040. The van der Waals surface area contributed by atoms with E-state index in [0.29, 0.717) is 26.1 Å². The highest BCUT2D eigenvalue weighted by Crippen LogP contribution is 2.26. The molecule has 2 aliphatic heterocycles. The number of rotatable bonds is 7. The topological polar surface area (TPSA) is 97.4 Å². The minimum absolute atomic E-state index is 0.0880. The second-order valence-electron chi connectivity index (χ2n) is 9.71. The summed E-state index contributed by atoms with van der Waals surface area (Å²) >= 11 is 0. The van der Waals surface area contributed by atoms with Crippen molar-refractivity contribution in [3.05, 3.63) is 36.0 Å². The van der Waals surface area contributed by atoms with E-state index in [1.165, 1.54) is 4.31 Å². The number of ether oxygens (including phenoxy) is 2. The standard InChI is InChI=1S/C23H32F3N3O6S/c1-22(2,3)35-21(30)28-12-4-5-17(15-28)16-33-27-18-10-13-29(14-11-18)36(31,32)20-8-6-19(7-9-20)34-23(24,25)26/h6-10,17,27H,4-5,11-16H2,1-3H3. The van der Waals surface area contributed by atoms with Crippen LogP contribution < -0.4 is 10.2 Å². The van der Waals surface area contributed by atoms with Crippen LogP contribution in [0, 0.1) is 5.92 Å². The first kappa shape index (κ1) is 28.1. The number of halogens is 3. The van der Waals surface area contributed by atoms with E-state index in [4.69, 9.17) is 9.57 Å². The van der Waals surface area contributed by atoms with Crippen LogP contribution in [0.2, 0.25) is 0 Å². The number of nitrogens with one attached hydrogen (secondary N) is 1. The third-order valence-corrected chi connectivity index (χ3v) is 7.44. The molecular formula is C23H32F3N3O6S. The molecule has 2 aliphatic rings. The van der Waals surface area contributed by atoms with Gasteiger partial charge in [0.25, 0.3) is 0 Å². The maximum absolute atomic E-state index is 12.8. The van der Waals surface area contributed by atoms with E-state index in [1.807, 2.05) is 20.8 Å². The molecule has 1 aromatic rings. The number of sulfonamides is 1. The molecule has 1 N–H and O–H groups in total. The van der Waals surface area contributed by atoms with Crippen molar-refractivity contribution in [1.82, 2.24) is 14.7 Å². The van der Waals surface area contributed by atoms with Crippen LogP contribution in [-0.2, 0) is 19.6 Å². The van der Waals surface area contributed by atoms with Gasteiger partial charge in [-0.1, -0.05) is 0 Å². The van der Waals surface area contributed by atoms with Gasteiger partial charge in [-0.2, -0.15) is 4.31 Å². The molecule has 2 heterocycles. The molecule has 36 heavy (non-hydrogen) atoms. The van der Waals surface area contributed by atoms with Gasteiger partial charge in [0.05, 0.1) is 11.5 Å². The second kappa shape index (κ2) is 11.3. The Morgan fingerprint density at radius 1 is 1.14 bits per heavy atom. The predicted molar refractivity (Wildman–Crippen MR) is 124 cm³/mol. The summed E-state index contributed by atoms with van der Waals surface area (Å²) in [5.41, 5.74) is 3.05. The van der Waals surface area contributed by atoms with Gasteiger partial charge in [0, 0.05) is 44.2 Å². The third-order valence-electron chi connectivity index (χ3n) is 5.56. The van der Waals surface area contributed by atoms with Gasteiger partial charge in [0.2, 0.25) is 10.0 Å². The lowest BCUT2D eigenvalue weighted by molar-refractivity contribution is -0.274. The molecule has 0 radical (unpaired) electrons. The summed E-state index contributed by atoms with van der Waals surface area (Å²) in [6, 6.07) is 4.11. The second-order valence-corrected chi connectivity index (χ2v) is 11.6. The van der Waals surface area contributed by atoms with Gasteiger partial charge in [-0.15, -0.1) is 13.2 Å². The molecule has 0 bridgehead atoms. The van der Waals surface area contributed by atoms with Gasteiger partial charge >= 0.3 is 12.5 Å². The van der Waals surface area contributed by atoms with Gasteiger partial charge in [0.1, 0.15) is 11.4 Å². The molecule has 1 saturated heterocycles. The van der Waals surface area contributed by atoms with Gasteiger partial charge in [-0.3, -0.25) is 10.3 Å². The highest BCUT2D eigenvalue weighted by atomic mass is 32.2. The Kier molecular flexibility index (Phi) is 8.78. The number of likely N-dealkylation sites (tertiary alicyclic amines) is 1. The van der Waals surface area contributed by atoms with Crippen LogP contribution in [0.5, 0.6) is 5.75 Å². The van der Waals surface area contributed by atoms with E-state index >= 15 is 0 Å². The number of benzene rings is 1. The number of nitrogens with zero attached hydrogens (tertiary/aromatic N) is 2. The zero-order chi connectivity index (χ0) is 26.6. The lowest BCUT2D eigenvalue weighted by atomic mass is 9.99. The summed E-state index contributed by atoms with van der Waals surface area (Å²) in [6.45, 7) is 7.31. The molecule has 0 aromatic heterocycles. The van der Waals surface area contributed by atoms with Crippen LogP contribution in [0.25, 0.3) is 0 Å². The summed E-state index contributed by atoms with van der Waals surface area (Å²) in [5, 5.41) is 0. The number of alkyl halides is 3. The molecule has 1 atom stereocenters. The van der Waals surface area contributed by atoms with Crippen molar-refractivity contribution in [3.8, 4) is 5.75 Å². The molecule has 1 fully saturated rings. The monoisotopic (exact) mass is 535 g/mol. The lowest BCUT2D eigenvalue weighted by Crippen LogP contribution is -2.44. The van der Waals surface area contributed by atoms with Crippen LogP contribution in [0.3, 0.4) is 0 Å². The van der Waals surface area contributed by atoms with Gasteiger partial charge in [-0.05, 0) is 64.0 Å². The average molecular weight is 536 g/mol. The number of amides is 1. The SMILES string of the molecule is CC(C)(C)OC(=O)N1CCCC(CONC2=CCN(S(=O)(=O)c3ccc(OC(F)(F)F)cc3)CC2)C1. The summed E-state index contributed by atoms with van der Waals surface area (Å²) in [4.78, 5) is 19.5. The molecule has 9 nitrogen and oxygen atoms in total. The maximum Gasteiger partial charge on any atom is 0.573 e. The highest BCUT2D eigenvalue weighted by Gasteiger charge is 2.32. The lowest BCUT2D eigenvalue weighted by Gasteiger charge is -2.34. The molecule has 1 unspecified atom stereocenters. The fourth-order valence-electron chi connectivity index (χ4n) is 3.87. The minimum Gasteiger partial charge on any atom is -0.444 e. The van der Waals surface area contributed by atoms with E-state index in [1.54, 1.807) is 11.0 Å². The molecule has 0 spiro atoms.